The third kappa shape index (κ3) is 6.57. The molecule has 1 aliphatic carbocycles. The Morgan fingerprint density at radius 2 is 1.69 bits per heavy atom. The second-order valence-corrected chi connectivity index (χ2v) is 19.2. The maximum absolute atomic E-state index is 13.2. The minimum Gasteiger partial charge on any atom is -0.410 e. The van der Waals surface area contributed by atoms with Crippen LogP contribution in [0.2, 0.25) is 18.1 Å². The van der Waals surface area contributed by atoms with E-state index in [2.05, 4.69) is 70.3 Å². The summed E-state index contributed by atoms with van der Waals surface area (Å²) in [4.78, 5) is 5.27. The van der Waals surface area contributed by atoms with E-state index in [0.29, 0.717) is 24.3 Å². The highest BCUT2D eigenvalue weighted by Gasteiger charge is 2.45. The van der Waals surface area contributed by atoms with E-state index in [1.54, 1.807) is 0 Å². The number of fused-ring (bicyclic) bond motifs is 1. The van der Waals surface area contributed by atoms with Crippen LogP contribution in [0.4, 0.5) is 13.2 Å². The number of nitrogens with zero attached hydrogens (tertiary/aromatic N) is 1. The minimum absolute atomic E-state index is 0.00336. The molecule has 4 rings (SSSR count). The van der Waals surface area contributed by atoms with Gasteiger partial charge in [0.2, 0.25) is 0 Å². The van der Waals surface area contributed by atoms with Gasteiger partial charge in [0.25, 0.3) is 0 Å². The standard InChI is InChI=1S/C30H41F3INO3Si/c1-28(2,3)39(6,7)38-22-17-29(4,5)16-21-23(22)25(34)24(26(35-21)18-12-14-37-15-13-18)27(36)19-8-10-20(11-9-19)30(31,32)33/h8-11,18,22,27,36H,12-17H2,1-7H3/t22-,27?/m1/s1. The highest BCUT2D eigenvalue weighted by atomic mass is 127. The number of hydrogen-bond acceptors (Lipinski definition) is 4. The van der Waals surface area contributed by atoms with Gasteiger partial charge in [0.15, 0.2) is 8.32 Å². The van der Waals surface area contributed by atoms with Gasteiger partial charge >= 0.3 is 6.18 Å². The Morgan fingerprint density at radius 1 is 1.10 bits per heavy atom. The number of aliphatic hydroxyl groups excluding tert-OH is 1. The average molecular weight is 676 g/mol. The number of pyridine rings is 1. The van der Waals surface area contributed by atoms with Crippen LogP contribution in [-0.2, 0) is 21.8 Å². The Bertz CT molecular complexity index is 1190. The highest BCUT2D eigenvalue weighted by molar-refractivity contribution is 14.1. The molecule has 0 radical (unpaired) electrons. The van der Waals surface area contributed by atoms with E-state index in [-0.39, 0.29) is 22.5 Å². The molecule has 1 saturated heterocycles. The van der Waals surface area contributed by atoms with Gasteiger partial charge in [0.1, 0.15) is 6.10 Å². The minimum atomic E-state index is -4.43. The van der Waals surface area contributed by atoms with Crippen molar-refractivity contribution < 1.29 is 27.4 Å². The lowest BCUT2D eigenvalue weighted by molar-refractivity contribution is -0.137. The molecule has 216 valence electrons. The molecule has 1 aromatic heterocycles. The Morgan fingerprint density at radius 3 is 2.23 bits per heavy atom. The Hall–Kier alpha value is -1.01. The average Bonchev–Trinajstić information content (AvgIpc) is 2.81. The summed E-state index contributed by atoms with van der Waals surface area (Å²) in [7, 11) is -2.14. The summed E-state index contributed by atoms with van der Waals surface area (Å²) in [6.45, 7) is 16.9. The van der Waals surface area contributed by atoms with Crippen molar-refractivity contribution in [3.63, 3.8) is 0 Å². The summed E-state index contributed by atoms with van der Waals surface area (Å²) < 4.78 is 53.3. The quantitative estimate of drug-likeness (QED) is 0.255. The number of aliphatic hydroxyl groups is 1. The molecule has 1 fully saturated rings. The molecule has 39 heavy (non-hydrogen) atoms. The largest absolute Gasteiger partial charge is 0.416 e. The van der Waals surface area contributed by atoms with Crippen LogP contribution >= 0.6 is 22.6 Å². The molecule has 0 spiro atoms. The van der Waals surface area contributed by atoms with Gasteiger partial charge < -0.3 is 14.3 Å². The van der Waals surface area contributed by atoms with Crippen molar-refractivity contribution in [2.75, 3.05) is 13.2 Å². The predicted molar refractivity (Wildman–Crippen MR) is 158 cm³/mol. The maximum atomic E-state index is 13.2. The molecule has 4 nitrogen and oxygen atoms in total. The first-order valence-corrected chi connectivity index (χ1v) is 17.7. The molecule has 1 aromatic carbocycles. The Balaban J connectivity index is 1.88. The van der Waals surface area contributed by atoms with Gasteiger partial charge in [0.05, 0.1) is 17.4 Å². The lowest BCUT2D eigenvalue weighted by atomic mass is 9.74. The van der Waals surface area contributed by atoms with E-state index in [1.807, 2.05) is 0 Å². The molecule has 1 unspecified atom stereocenters. The van der Waals surface area contributed by atoms with Gasteiger partial charge in [-0.1, -0.05) is 46.8 Å². The van der Waals surface area contributed by atoms with Crippen molar-refractivity contribution in [1.82, 2.24) is 4.98 Å². The molecule has 1 N–H and O–H groups in total. The molecule has 2 aliphatic rings. The van der Waals surface area contributed by atoms with Gasteiger partial charge in [-0.25, -0.2) is 0 Å². The molecule has 0 amide bonds. The number of alkyl halides is 3. The van der Waals surface area contributed by atoms with Crippen LogP contribution < -0.4 is 0 Å². The Kier molecular flexibility index (Phi) is 8.73. The molecule has 0 saturated carbocycles. The molecular formula is C30H41F3INO3Si. The number of hydrogen-bond donors (Lipinski definition) is 1. The third-order valence-corrected chi connectivity index (χ3v) is 14.3. The third-order valence-electron chi connectivity index (χ3n) is 8.70. The van der Waals surface area contributed by atoms with Crippen LogP contribution in [0.3, 0.4) is 0 Å². The van der Waals surface area contributed by atoms with E-state index >= 15 is 0 Å². The molecule has 1 aliphatic heterocycles. The van der Waals surface area contributed by atoms with Crippen molar-refractivity contribution in [3.8, 4) is 0 Å². The summed E-state index contributed by atoms with van der Waals surface area (Å²) in [5, 5.41) is 11.8. The van der Waals surface area contributed by atoms with Gasteiger partial charge in [-0.3, -0.25) is 4.98 Å². The molecular weight excluding hydrogens is 634 g/mol. The van der Waals surface area contributed by atoms with Gasteiger partial charge in [0, 0.05) is 39.5 Å². The second kappa shape index (κ2) is 11.0. The summed E-state index contributed by atoms with van der Waals surface area (Å²) in [6, 6.07) is 4.83. The molecule has 0 bridgehead atoms. The number of aromatic nitrogens is 1. The maximum Gasteiger partial charge on any atom is 0.416 e. The van der Waals surface area contributed by atoms with Gasteiger partial charge in [-0.05, 0) is 89.5 Å². The SMILES string of the molecule is CC1(C)Cc2nc(C3CCOCC3)c(C(O)c3ccc(C(F)(F)F)cc3)c(I)c2[C@H](O[Si](C)(C)C(C)(C)C)C1. The van der Waals surface area contributed by atoms with Crippen LogP contribution in [0.15, 0.2) is 24.3 Å². The number of rotatable bonds is 5. The van der Waals surface area contributed by atoms with E-state index < -0.39 is 26.2 Å². The lowest BCUT2D eigenvalue weighted by Crippen LogP contribution is -2.44. The number of benzene rings is 1. The monoisotopic (exact) mass is 675 g/mol. The highest BCUT2D eigenvalue weighted by Crippen LogP contribution is 2.50. The number of halogens is 4. The van der Waals surface area contributed by atoms with Crippen LogP contribution in [0.25, 0.3) is 0 Å². The van der Waals surface area contributed by atoms with Crippen LogP contribution in [0.5, 0.6) is 0 Å². The first-order valence-electron chi connectivity index (χ1n) is 13.7. The van der Waals surface area contributed by atoms with E-state index in [0.717, 1.165) is 58.3 Å². The fourth-order valence-corrected chi connectivity index (χ4v) is 7.93. The van der Waals surface area contributed by atoms with Crippen molar-refractivity contribution in [2.24, 2.45) is 5.41 Å². The van der Waals surface area contributed by atoms with Crippen molar-refractivity contribution in [1.29, 1.82) is 0 Å². The second-order valence-electron chi connectivity index (χ2n) is 13.4. The fraction of sp³-hybridized carbons (Fsp3) is 0.633. The van der Waals surface area contributed by atoms with Crippen LogP contribution in [0.1, 0.15) is 106 Å². The summed E-state index contributed by atoms with van der Waals surface area (Å²) in [6.07, 6.45) is -2.45. The topological polar surface area (TPSA) is 51.6 Å². The van der Waals surface area contributed by atoms with Crippen molar-refractivity contribution >= 4 is 30.9 Å². The zero-order chi connectivity index (χ0) is 29.0. The molecule has 2 aromatic rings. The molecule has 2 heterocycles. The molecule has 2 atom stereocenters. The zero-order valence-corrected chi connectivity index (χ0v) is 27.2. The van der Waals surface area contributed by atoms with Gasteiger partial charge in [-0.2, -0.15) is 13.2 Å². The van der Waals surface area contributed by atoms with E-state index in [9.17, 15) is 18.3 Å². The smallest absolute Gasteiger partial charge is 0.410 e. The number of ether oxygens (including phenoxy) is 1. The van der Waals surface area contributed by atoms with Crippen molar-refractivity contribution in [2.45, 2.75) is 103 Å². The summed E-state index contributed by atoms with van der Waals surface area (Å²) in [5.74, 6) is 0.112. The van der Waals surface area contributed by atoms with Crippen molar-refractivity contribution in [3.05, 3.63) is 61.5 Å². The van der Waals surface area contributed by atoms with E-state index in [4.69, 9.17) is 14.1 Å². The predicted octanol–water partition coefficient (Wildman–Crippen LogP) is 8.72. The van der Waals surface area contributed by atoms with Gasteiger partial charge in [-0.15, -0.1) is 0 Å². The summed E-state index contributed by atoms with van der Waals surface area (Å²) >= 11 is 2.33. The van der Waals surface area contributed by atoms with Crippen LogP contribution in [0, 0.1) is 8.99 Å². The fourth-order valence-electron chi connectivity index (χ4n) is 5.44. The van der Waals surface area contributed by atoms with Crippen LogP contribution in [-0.4, -0.2) is 31.6 Å². The normalized spacial score (nSPS) is 21.5. The molecule has 9 heteroatoms. The Labute approximate surface area is 245 Å². The van der Waals surface area contributed by atoms with E-state index in [1.165, 1.54) is 12.1 Å². The lowest BCUT2D eigenvalue weighted by Gasteiger charge is -2.45. The zero-order valence-electron chi connectivity index (χ0n) is 24.0. The summed E-state index contributed by atoms with van der Waals surface area (Å²) in [5.41, 5.74) is 3.29. The first kappa shape index (κ1) is 30.9. The first-order chi connectivity index (χ1) is 17.9.